The monoisotopic (exact) mass is 348 g/mol. The van der Waals surface area contributed by atoms with Crippen LogP contribution in [0.5, 0.6) is 5.75 Å². The molecule has 0 unspecified atom stereocenters. The standard InChI is InChI=1S/C19H28N2O4/c22-18(23)4-1-11-21-19(24)16-5-7-17(8-6-16)25-14-2-3-15-9-12-20-13-10-15/h5-8,15,20H,1-4,9-14H2,(H,21,24)(H,22,23). The molecule has 1 heterocycles. The molecule has 1 saturated heterocycles. The highest BCUT2D eigenvalue weighted by molar-refractivity contribution is 5.94. The lowest BCUT2D eigenvalue weighted by atomic mass is 9.93. The zero-order valence-electron chi connectivity index (χ0n) is 14.6. The molecule has 3 N–H and O–H groups in total. The Kier molecular flexibility index (Phi) is 8.25. The van der Waals surface area contributed by atoms with Crippen molar-refractivity contribution in [2.24, 2.45) is 5.92 Å². The van der Waals surface area contributed by atoms with Gasteiger partial charge in [0.2, 0.25) is 0 Å². The zero-order valence-corrected chi connectivity index (χ0v) is 14.6. The lowest BCUT2D eigenvalue weighted by molar-refractivity contribution is -0.137. The van der Waals surface area contributed by atoms with Gasteiger partial charge in [-0.2, -0.15) is 0 Å². The molecule has 1 aliphatic heterocycles. The maximum Gasteiger partial charge on any atom is 0.303 e. The molecule has 0 atom stereocenters. The Balaban J connectivity index is 1.63. The highest BCUT2D eigenvalue weighted by atomic mass is 16.5. The van der Waals surface area contributed by atoms with Crippen molar-refractivity contribution in [3.8, 4) is 5.75 Å². The Morgan fingerprint density at radius 2 is 1.88 bits per heavy atom. The number of hydrogen-bond donors (Lipinski definition) is 3. The van der Waals surface area contributed by atoms with Crippen LogP contribution in [0.15, 0.2) is 24.3 Å². The van der Waals surface area contributed by atoms with Crippen molar-refractivity contribution in [2.75, 3.05) is 26.2 Å². The van der Waals surface area contributed by atoms with E-state index >= 15 is 0 Å². The van der Waals surface area contributed by atoms with Gasteiger partial charge in [0.15, 0.2) is 0 Å². The van der Waals surface area contributed by atoms with E-state index in [9.17, 15) is 9.59 Å². The third-order valence-electron chi connectivity index (χ3n) is 4.45. The summed E-state index contributed by atoms with van der Waals surface area (Å²) in [7, 11) is 0. The van der Waals surface area contributed by atoms with Crippen LogP contribution in [0, 0.1) is 5.92 Å². The Labute approximate surface area is 149 Å². The van der Waals surface area contributed by atoms with Crippen LogP contribution in [0.3, 0.4) is 0 Å². The number of benzene rings is 1. The lowest BCUT2D eigenvalue weighted by Crippen LogP contribution is -2.27. The molecule has 1 fully saturated rings. The number of rotatable bonds is 10. The number of ether oxygens (including phenoxy) is 1. The molecule has 25 heavy (non-hydrogen) atoms. The summed E-state index contributed by atoms with van der Waals surface area (Å²) in [6.07, 6.45) is 5.27. The lowest BCUT2D eigenvalue weighted by Gasteiger charge is -2.22. The van der Waals surface area contributed by atoms with E-state index in [1.54, 1.807) is 24.3 Å². The van der Waals surface area contributed by atoms with Crippen LogP contribution in [0.25, 0.3) is 0 Å². The minimum Gasteiger partial charge on any atom is -0.494 e. The quantitative estimate of drug-likeness (QED) is 0.565. The summed E-state index contributed by atoms with van der Waals surface area (Å²) in [5, 5.41) is 14.7. The van der Waals surface area contributed by atoms with Gasteiger partial charge in [0.1, 0.15) is 5.75 Å². The van der Waals surface area contributed by atoms with E-state index in [4.69, 9.17) is 9.84 Å². The molecule has 0 aromatic heterocycles. The first-order valence-electron chi connectivity index (χ1n) is 9.08. The van der Waals surface area contributed by atoms with E-state index < -0.39 is 5.97 Å². The first-order valence-corrected chi connectivity index (χ1v) is 9.08. The summed E-state index contributed by atoms with van der Waals surface area (Å²) in [4.78, 5) is 22.4. The summed E-state index contributed by atoms with van der Waals surface area (Å²) in [6, 6.07) is 7.07. The van der Waals surface area contributed by atoms with Gasteiger partial charge in [0.25, 0.3) is 5.91 Å². The highest BCUT2D eigenvalue weighted by Crippen LogP contribution is 2.18. The van der Waals surface area contributed by atoms with Crippen molar-refractivity contribution >= 4 is 11.9 Å². The van der Waals surface area contributed by atoms with E-state index in [1.807, 2.05) is 0 Å². The van der Waals surface area contributed by atoms with Crippen molar-refractivity contribution in [2.45, 2.75) is 38.5 Å². The fourth-order valence-corrected chi connectivity index (χ4v) is 2.98. The summed E-state index contributed by atoms with van der Waals surface area (Å²) in [5.74, 6) is 0.545. The molecule has 0 spiro atoms. The first-order chi connectivity index (χ1) is 12.1. The van der Waals surface area contributed by atoms with Crippen molar-refractivity contribution in [3.05, 3.63) is 29.8 Å². The van der Waals surface area contributed by atoms with Gasteiger partial charge in [-0.15, -0.1) is 0 Å². The average Bonchev–Trinajstić information content (AvgIpc) is 2.63. The van der Waals surface area contributed by atoms with Crippen LogP contribution in [-0.2, 0) is 4.79 Å². The molecule has 1 aromatic carbocycles. The molecule has 138 valence electrons. The van der Waals surface area contributed by atoms with Crippen LogP contribution in [0.4, 0.5) is 0 Å². The first kappa shape index (κ1) is 19.2. The SMILES string of the molecule is O=C(O)CCCNC(=O)c1ccc(OCCCC2CCNCC2)cc1. The van der Waals surface area contributed by atoms with Crippen molar-refractivity contribution in [3.63, 3.8) is 0 Å². The predicted molar refractivity (Wildman–Crippen MR) is 96.0 cm³/mol. The molecular formula is C19H28N2O4. The van der Waals surface area contributed by atoms with Crippen LogP contribution < -0.4 is 15.4 Å². The minimum absolute atomic E-state index is 0.0599. The number of piperidine rings is 1. The molecule has 6 heteroatoms. The summed E-state index contributed by atoms with van der Waals surface area (Å²) in [5.41, 5.74) is 0.553. The van der Waals surface area contributed by atoms with Crippen molar-refractivity contribution in [1.82, 2.24) is 10.6 Å². The second-order valence-corrected chi connectivity index (χ2v) is 6.46. The maximum atomic E-state index is 11.9. The summed E-state index contributed by atoms with van der Waals surface area (Å²) < 4.78 is 5.74. The Bertz CT molecular complexity index is 539. The molecule has 2 rings (SSSR count). The van der Waals surface area contributed by atoms with E-state index in [0.717, 1.165) is 31.2 Å². The summed E-state index contributed by atoms with van der Waals surface area (Å²) >= 11 is 0. The number of aliphatic carboxylic acids is 1. The van der Waals surface area contributed by atoms with Gasteiger partial charge in [-0.1, -0.05) is 0 Å². The number of carboxylic acids is 1. The zero-order chi connectivity index (χ0) is 17.9. The number of carbonyl (C=O) groups excluding carboxylic acids is 1. The molecule has 1 amide bonds. The van der Waals surface area contributed by atoms with Gasteiger partial charge in [-0.25, -0.2) is 0 Å². The van der Waals surface area contributed by atoms with E-state index in [0.29, 0.717) is 25.1 Å². The summed E-state index contributed by atoms with van der Waals surface area (Å²) in [6.45, 7) is 3.32. The Morgan fingerprint density at radius 1 is 1.16 bits per heavy atom. The van der Waals surface area contributed by atoms with Gasteiger partial charge < -0.3 is 20.5 Å². The maximum absolute atomic E-state index is 11.9. The second-order valence-electron chi connectivity index (χ2n) is 6.46. The number of carbonyl (C=O) groups is 2. The Hall–Kier alpha value is -2.08. The fourth-order valence-electron chi connectivity index (χ4n) is 2.98. The van der Waals surface area contributed by atoms with Crippen molar-refractivity contribution in [1.29, 1.82) is 0 Å². The molecule has 1 aliphatic rings. The van der Waals surface area contributed by atoms with Crippen LogP contribution >= 0.6 is 0 Å². The molecule has 1 aromatic rings. The Morgan fingerprint density at radius 3 is 2.56 bits per heavy atom. The molecular weight excluding hydrogens is 320 g/mol. The normalized spacial score (nSPS) is 14.9. The number of nitrogens with one attached hydrogen (secondary N) is 2. The van der Waals surface area contributed by atoms with E-state index in [-0.39, 0.29) is 12.3 Å². The van der Waals surface area contributed by atoms with Gasteiger partial charge in [0, 0.05) is 18.5 Å². The third kappa shape index (κ3) is 7.56. The van der Waals surface area contributed by atoms with E-state index in [2.05, 4.69) is 10.6 Å². The molecule has 0 aliphatic carbocycles. The molecule has 0 saturated carbocycles. The molecule has 6 nitrogen and oxygen atoms in total. The molecule has 0 radical (unpaired) electrons. The number of hydrogen-bond acceptors (Lipinski definition) is 4. The predicted octanol–water partition coefficient (Wildman–Crippen LogP) is 2.44. The van der Waals surface area contributed by atoms with Gasteiger partial charge in [0.05, 0.1) is 6.61 Å². The largest absolute Gasteiger partial charge is 0.494 e. The number of amides is 1. The van der Waals surface area contributed by atoms with Gasteiger partial charge >= 0.3 is 5.97 Å². The highest BCUT2D eigenvalue weighted by Gasteiger charge is 2.12. The molecule has 0 bridgehead atoms. The van der Waals surface area contributed by atoms with Crippen molar-refractivity contribution < 1.29 is 19.4 Å². The van der Waals surface area contributed by atoms with Crippen LogP contribution in [0.1, 0.15) is 48.9 Å². The topological polar surface area (TPSA) is 87.7 Å². The smallest absolute Gasteiger partial charge is 0.303 e. The van der Waals surface area contributed by atoms with Crippen LogP contribution in [-0.4, -0.2) is 43.2 Å². The second kappa shape index (κ2) is 10.7. The van der Waals surface area contributed by atoms with Gasteiger partial charge in [-0.05, 0) is 75.4 Å². The van der Waals surface area contributed by atoms with E-state index in [1.165, 1.54) is 19.3 Å². The average molecular weight is 348 g/mol. The van der Waals surface area contributed by atoms with Gasteiger partial charge in [-0.3, -0.25) is 9.59 Å². The number of carboxylic acid groups (broad SMARTS) is 1. The fraction of sp³-hybridized carbons (Fsp3) is 0.579. The van der Waals surface area contributed by atoms with Crippen LogP contribution in [0.2, 0.25) is 0 Å². The third-order valence-corrected chi connectivity index (χ3v) is 4.45. The minimum atomic E-state index is -0.851.